The molecule has 1 aromatic carbocycles. The fourth-order valence-corrected chi connectivity index (χ4v) is 3.01. The lowest BCUT2D eigenvalue weighted by molar-refractivity contribution is 0.555. The molecule has 2 aromatic rings. The monoisotopic (exact) mass is 260 g/mol. The van der Waals surface area contributed by atoms with Gasteiger partial charge in [0.25, 0.3) is 0 Å². The maximum atomic E-state index is 4.36. The van der Waals surface area contributed by atoms with Crippen LogP contribution in [0.25, 0.3) is 0 Å². The molecule has 0 saturated carbocycles. The molecule has 0 saturated heterocycles. The fourth-order valence-electron chi connectivity index (χ4n) is 2.31. The van der Waals surface area contributed by atoms with Gasteiger partial charge in [0.2, 0.25) is 0 Å². The number of thiazole rings is 1. The number of benzene rings is 1. The predicted molar refractivity (Wildman–Crippen MR) is 78.3 cm³/mol. The van der Waals surface area contributed by atoms with Crippen LogP contribution >= 0.6 is 11.3 Å². The highest BCUT2D eigenvalue weighted by molar-refractivity contribution is 7.09. The number of aromatic nitrogens is 1. The first kappa shape index (κ1) is 13.2. The minimum absolute atomic E-state index is 0.456. The van der Waals surface area contributed by atoms with Gasteiger partial charge in [-0.25, -0.2) is 4.98 Å². The first-order valence-corrected chi connectivity index (χ1v) is 7.18. The van der Waals surface area contributed by atoms with Crippen LogP contribution in [0.5, 0.6) is 0 Å². The van der Waals surface area contributed by atoms with Crippen molar-refractivity contribution >= 4 is 11.3 Å². The molecule has 0 bridgehead atoms. The Hall–Kier alpha value is -1.19. The van der Waals surface area contributed by atoms with Crippen LogP contribution in [-0.2, 0) is 12.8 Å². The highest BCUT2D eigenvalue weighted by atomic mass is 32.1. The summed E-state index contributed by atoms with van der Waals surface area (Å²) in [6, 6.07) is 7.23. The Kier molecular flexibility index (Phi) is 4.50. The molecule has 0 radical (unpaired) electrons. The molecule has 1 atom stereocenters. The number of hydrogen-bond acceptors (Lipinski definition) is 3. The third kappa shape index (κ3) is 3.65. The first-order valence-electron chi connectivity index (χ1n) is 6.30. The molecule has 1 unspecified atom stereocenters. The van der Waals surface area contributed by atoms with E-state index in [-0.39, 0.29) is 0 Å². The van der Waals surface area contributed by atoms with Gasteiger partial charge in [-0.3, -0.25) is 0 Å². The average molecular weight is 260 g/mol. The standard InChI is InChI=1S/C15H20N2S/c1-11-6-12(2)8-13(7-11)9-14(16-3)10-15-17-4-5-18-15/h4-8,14,16H,9-10H2,1-3H3. The van der Waals surface area contributed by atoms with Crippen LogP contribution < -0.4 is 5.32 Å². The molecular weight excluding hydrogens is 240 g/mol. The van der Waals surface area contributed by atoms with Gasteiger partial charge in [0.05, 0.1) is 5.01 Å². The number of likely N-dealkylation sites (N-methyl/N-ethyl adjacent to an activating group) is 1. The van der Waals surface area contributed by atoms with Crippen molar-refractivity contribution in [2.75, 3.05) is 7.05 Å². The summed E-state index contributed by atoms with van der Waals surface area (Å²) < 4.78 is 0. The van der Waals surface area contributed by atoms with Gasteiger partial charge in [0.15, 0.2) is 0 Å². The van der Waals surface area contributed by atoms with E-state index in [1.807, 2.05) is 18.6 Å². The SMILES string of the molecule is CNC(Cc1cc(C)cc(C)c1)Cc1nccs1. The van der Waals surface area contributed by atoms with Gasteiger partial charge >= 0.3 is 0 Å². The quantitative estimate of drug-likeness (QED) is 0.893. The van der Waals surface area contributed by atoms with Crippen molar-refractivity contribution in [3.05, 3.63) is 51.5 Å². The predicted octanol–water partition coefficient (Wildman–Crippen LogP) is 3.13. The van der Waals surface area contributed by atoms with Crippen LogP contribution in [0.3, 0.4) is 0 Å². The van der Waals surface area contributed by atoms with Crippen molar-refractivity contribution in [2.45, 2.75) is 32.7 Å². The Bertz CT molecular complexity index is 471. The van der Waals surface area contributed by atoms with Gasteiger partial charge in [0, 0.05) is 24.0 Å². The van der Waals surface area contributed by atoms with Crippen molar-refractivity contribution in [1.29, 1.82) is 0 Å². The molecule has 2 rings (SSSR count). The Balaban J connectivity index is 2.05. The van der Waals surface area contributed by atoms with Gasteiger partial charge in [0.1, 0.15) is 0 Å². The first-order chi connectivity index (χ1) is 8.67. The summed E-state index contributed by atoms with van der Waals surface area (Å²) in [5, 5.41) is 6.64. The molecule has 18 heavy (non-hydrogen) atoms. The highest BCUT2D eigenvalue weighted by Crippen LogP contribution is 2.14. The van der Waals surface area contributed by atoms with Crippen LogP contribution in [0.2, 0.25) is 0 Å². The molecule has 0 aliphatic carbocycles. The van der Waals surface area contributed by atoms with E-state index in [9.17, 15) is 0 Å². The molecule has 3 heteroatoms. The minimum atomic E-state index is 0.456. The number of nitrogens with one attached hydrogen (secondary N) is 1. The van der Waals surface area contributed by atoms with Crippen molar-refractivity contribution < 1.29 is 0 Å². The molecule has 0 fully saturated rings. The van der Waals surface area contributed by atoms with Crippen LogP contribution in [0.1, 0.15) is 21.7 Å². The smallest absolute Gasteiger partial charge is 0.0940 e. The van der Waals surface area contributed by atoms with Crippen molar-refractivity contribution in [1.82, 2.24) is 10.3 Å². The van der Waals surface area contributed by atoms with Crippen molar-refractivity contribution in [3.63, 3.8) is 0 Å². The Labute approximate surface area is 113 Å². The third-order valence-electron chi connectivity index (χ3n) is 3.08. The van der Waals surface area contributed by atoms with Crippen molar-refractivity contribution in [3.8, 4) is 0 Å². The Morgan fingerprint density at radius 1 is 1.17 bits per heavy atom. The summed E-state index contributed by atoms with van der Waals surface area (Å²) in [5.74, 6) is 0. The Morgan fingerprint density at radius 3 is 2.44 bits per heavy atom. The van der Waals surface area contributed by atoms with E-state index < -0.39 is 0 Å². The van der Waals surface area contributed by atoms with E-state index in [1.165, 1.54) is 21.7 Å². The van der Waals surface area contributed by atoms with E-state index in [0.29, 0.717) is 6.04 Å². The van der Waals surface area contributed by atoms with E-state index >= 15 is 0 Å². The molecule has 1 N–H and O–H groups in total. The van der Waals surface area contributed by atoms with Gasteiger partial charge in [-0.15, -0.1) is 11.3 Å². The van der Waals surface area contributed by atoms with Gasteiger partial charge in [-0.05, 0) is 32.9 Å². The zero-order valence-electron chi connectivity index (χ0n) is 11.2. The summed E-state index contributed by atoms with van der Waals surface area (Å²) >= 11 is 1.73. The summed E-state index contributed by atoms with van der Waals surface area (Å²) in [6.07, 6.45) is 3.93. The maximum absolute atomic E-state index is 4.36. The molecule has 1 aromatic heterocycles. The maximum Gasteiger partial charge on any atom is 0.0940 e. The second kappa shape index (κ2) is 6.12. The largest absolute Gasteiger partial charge is 0.316 e. The molecule has 2 nitrogen and oxygen atoms in total. The van der Waals surface area contributed by atoms with Crippen molar-refractivity contribution in [2.24, 2.45) is 0 Å². The number of nitrogens with zero attached hydrogens (tertiary/aromatic N) is 1. The summed E-state index contributed by atoms with van der Waals surface area (Å²) in [4.78, 5) is 4.36. The molecule has 0 spiro atoms. The van der Waals surface area contributed by atoms with E-state index in [0.717, 1.165) is 12.8 Å². The zero-order chi connectivity index (χ0) is 13.0. The summed E-state index contributed by atoms with van der Waals surface area (Å²) in [6.45, 7) is 4.32. The zero-order valence-corrected chi connectivity index (χ0v) is 12.1. The van der Waals surface area contributed by atoms with Crippen LogP contribution in [-0.4, -0.2) is 18.1 Å². The van der Waals surface area contributed by atoms with E-state index in [1.54, 1.807) is 11.3 Å². The average Bonchev–Trinajstić information content (AvgIpc) is 2.79. The number of hydrogen-bond donors (Lipinski definition) is 1. The Morgan fingerprint density at radius 2 is 1.89 bits per heavy atom. The van der Waals surface area contributed by atoms with Crippen LogP contribution in [0.4, 0.5) is 0 Å². The normalized spacial score (nSPS) is 12.6. The molecule has 0 aliphatic heterocycles. The van der Waals surface area contributed by atoms with Gasteiger partial charge in [-0.2, -0.15) is 0 Å². The van der Waals surface area contributed by atoms with Gasteiger partial charge < -0.3 is 5.32 Å². The summed E-state index contributed by atoms with van der Waals surface area (Å²) in [5.41, 5.74) is 4.09. The fraction of sp³-hybridized carbons (Fsp3) is 0.400. The molecule has 0 amide bonds. The van der Waals surface area contributed by atoms with E-state index in [2.05, 4.69) is 42.3 Å². The topological polar surface area (TPSA) is 24.9 Å². The molecule has 1 heterocycles. The van der Waals surface area contributed by atoms with E-state index in [4.69, 9.17) is 0 Å². The molecule has 0 aliphatic rings. The summed E-state index contributed by atoms with van der Waals surface area (Å²) in [7, 11) is 2.03. The second-order valence-electron chi connectivity index (χ2n) is 4.82. The van der Waals surface area contributed by atoms with Crippen LogP contribution in [0.15, 0.2) is 29.8 Å². The number of rotatable bonds is 5. The third-order valence-corrected chi connectivity index (χ3v) is 3.88. The minimum Gasteiger partial charge on any atom is -0.316 e. The lowest BCUT2D eigenvalue weighted by Gasteiger charge is -2.15. The molecular formula is C15H20N2S. The molecule has 96 valence electrons. The lowest BCUT2D eigenvalue weighted by Crippen LogP contribution is -2.29. The number of aryl methyl sites for hydroxylation is 2. The lowest BCUT2D eigenvalue weighted by atomic mass is 10.00. The van der Waals surface area contributed by atoms with Gasteiger partial charge in [-0.1, -0.05) is 29.3 Å². The van der Waals surface area contributed by atoms with Crippen LogP contribution in [0, 0.1) is 13.8 Å². The second-order valence-corrected chi connectivity index (χ2v) is 5.79. The highest BCUT2D eigenvalue weighted by Gasteiger charge is 2.10.